The maximum absolute atomic E-state index is 12.5. The van der Waals surface area contributed by atoms with Crippen LogP contribution in [0.5, 0.6) is 0 Å². The molecule has 4 rings (SSSR count). The van der Waals surface area contributed by atoms with Crippen molar-refractivity contribution in [3.05, 3.63) is 48.2 Å². The fourth-order valence-corrected chi connectivity index (χ4v) is 3.92. The first-order valence-electron chi connectivity index (χ1n) is 10.3. The Bertz CT molecular complexity index is 781. The summed E-state index contributed by atoms with van der Waals surface area (Å²) >= 11 is 0. The summed E-state index contributed by atoms with van der Waals surface area (Å²) in [6.07, 6.45) is 7.50. The van der Waals surface area contributed by atoms with Crippen LogP contribution in [0, 0.1) is 0 Å². The highest BCUT2D eigenvalue weighted by Gasteiger charge is 2.17. The summed E-state index contributed by atoms with van der Waals surface area (Å²) in [6, 6.07) is 12.2. The van der Waals surface area contributed by atoms with Crippen LogP contribution in [0.1, 0.15) is 42.5 Å². The molecule has 2 heterocycles. The van der Waals surface area contributed by atoms with Crippen molar-refractivity contribution in [1.29, 1.82) is 0 Å². The third-order valence-corrected chi connectivity index (χ3v) is 5.48. The van der Waals surface area contributed by atoms with Gasteiger partial charge in [0.1, 0.15) is 5.82 Å². The van der Waals surface area contributed by atoms with Gasteiger partial charge in [-0.2, -0.15) is 0 Å². The fourth-order valence-electron chi connectivity index (χ4n) is 3.92. The highest BCUT2D eigenvalue weighted by molar-refractivity contribution is 5.94. The zero-order chi connectivity index (χ0) is 19.2. The number of hydrogen-bond donors (Lipinski definition) is 2. The molecule has 0 atom stereocenters. The first-order valence-corrected chi connectivity index (χ1v) is 10.3. The molecule has 1 saturated heterocycles. The van der Waals surface area contributed by atoms with Gasteiger partial charge in [0.2, 0.25) is 0 Å². The van der Waals surface area contributed by atoms with Gasteiger partial charge in [0.05, 0.1) is 30.2 Å². The number of rotatable bonds is 5. The van der Waals surface area contributed by atoms with Crippen molar-refractivity contribution in [3.63, 3.8) is 0 Å². The molecule has 6 heteroatoms. The number of pyridine rings is 1. The standard InChI is InChI=1S/C22H28N4O2/c27-22(24-18-6-2-1-3-7-18)17-10-11-21(23-16-17)25-19-8-4-5-9-20(19)26-12-14-28-15-13-26/h4-5,8-11,16,18H,1-3,6-7,12-15H2,(H,23,25)(H,24,27). The van der Waals surface area contributed by atoms with Crippen molar-refractivity contribution in [1.82, 2.24) is 10.3 Å². The molecule has 148 valence electrons. The number of para-hydroxylation sites is 2. The number of carbonyl (C=O) groups excluding carboxylic acids is 1. The van der Waals surface area contributed by atoms with Crippen molar-refractivity contribution < 1.29 is 9.53 Å². The van der Waals surface area contributed by atoms with Crippen molar-refractivity contribution in [3.8, 4) is 0 Å². The first kappa shape index (κ1) is 18.7. The van der Waals surface area contributed by atoms with Gasteiger partial charge >= 0.3 is 0 Å². The van der Waals surface area contributed by atoms with Gasteiger partial charge in [-0.25, -0.2) is 4.98 Å². The maximum atomic E-state index is 12.5. The molecule has 6 nitrogen and oxygen atoms in total. The Morgan fingerprint density at radius 1 is 1.04 bits per heavy atom. The monoisotopic (exact) mass is 380 g/mol. The lowest BCUT2D eigenvalue weighted by Crippen LogP contribution is -2.36. The molecular weight excluding hydrogens is 352 g/mol. The second-order valence-electron chi connectivity index (χ2n) is 7.48. The third kappa shape index (κ3) is 4.62. The van der Waals surface area contributed by atoms with E-state index in [1.54, 1.807) is 6.20 Å². The van der Waals surface area contributed by atoms with Crippen molar-refractivity contribution in [2.45, 2.75) is 38.1 Å². The van der Waals surface area contributed by atoms with E-state index in [2.05, 4.69) is 32.7 Å². The van der Waals surface area contributed by atoms with E-state index in [4.69, 9.17) is 4.74 Å². The summed E-state index contributed by atoms with van der Waals surface area (Å²) < 4.78 is 5.46. The molecule has 0 unspecified atom stereocenters. The number of morpholine rings is 1. The van der Waals surface area contributed by atoms with Crippen LogP contribution in [0.25, 0.3) is 0 Å². The third-order valence-electron chi connectivity index (χ3n) is 5.48. The predicted octanol–water partition coefficient (Wildman–Crippen LogP) is 3.72. The van der Waals surface area contributed by atoms with Crippen LogP contribution in [0.15, 0.2) is 42.6 Å². The topological polar surface area (TPSA) is 66.5 Å². The Morgan fingerprint density at radius 2 is 1.82 bits per heavy atom. The van der Waals surface area contributed by atoms with Gasteiger partial charge in [-0.05, 0) is 37.1 Å². The van der Waals surface area contributed by atoms with Crippen molar-refractivity contribution >= 4 is 23.1 Å². The quantitative estimate of drug-likeness (QED) is 0.827. The highest BCUT2D eigenvalue weighted by atomic mass is 16.5. The van der Waals surface area contributed by atoms with Gasteiger partial charge in [-0.15, -0.1) is 0 Å². The fraction of sp³-hybridized carbons (Fsp3) is 0.455. The number of aromatic nitrogens is 1. The number of amides is 1. The largest absolute Gasteiger partial charge is 0.378 e. The van der Waals surface area contributed by atoms with E-state index in [-0.39, 0.29) is 5.91 Å². The molecule has 2 N–H and O–H groups in total. The number of benzene rings is 1. The maximum Gasteiger partial charge on any atom is 0.253 e. The van der Waals surface area contributed by atoms with Crippen LogP contribution in [-0.4, -0.2) is 43.2 Å². The molecular formula is C22H28N4O2. The van der Waals surface area contributed by atoms with Crippen molar-refractivity contribution in [2.24, 2.45) is 0 Å². The van der Waals surface area contributed by atoms with E-state index < -0.39 is 0 Å². The van der Waals surface area contributed by atoms with Gasteiger partial charge in [0, 0.05) is 25.3 Å². The molecule has 0 radical (unpaired) electrons. The Labute approximate surface area is 166 Å². The van der Waals surface area contributed by atoms with E-state index in [1.807, 2.05) is 24.3 Å². The zero-order valence-corrected chi connectivity index (χ0v) is 16.2. The summed E-state index contributed by atoms with van der Waals surface area (Å²) in [5.74, 6) is 0.703. The molecule has 1 amide bonds. The number of carbonyl (C=O) groups is 1. The van der Waals surface area contributed by atoms with Gasteiger partial charge in [-0.1, -0.05) is 31.4 Å². The molecule has 2 fully saturated rings. The normalized spacial score (nSPS) is 17.9. The van der Waals surface area contributed by atoms with Gasteiger partial charge in [0.15, 0.2) is 0 Å². The highest BCUT2D eigenvalue weighted by Crippen LogP contribution is 2.28. The molecule has 1 aromatic heterocycles. The molecule has 2 aliphatic rings. The first-order chi connectivity index (χ1) is 13.8. The van der Waals surface area contributed by atoms with Crippen LogP contribution < -0.4 is 15.5 Å². The average Bonchev–Trinajstić information content (AvgIpc) is 2.76. The number of anilines is 3. The SMILES string of the molecule is O=C(NC1CCCCC1)c1ccc(Nc2ccccc2N2CCOCC2)nc1. The van der Waals surface area contributed by atoms with Gasteiger partial charge < -0.3 is 20.3 Å². The van der Waals surface area contributed by atoms with Crippen LogP contribution in [0.3, 0.4) is 0 Å². The molecule has 1 aliphatic carbocycles. The van der Waals surface area contributed by atoms with Crippen molar-refractivity contribution in [2.75, 3.05) is 36.5 Å². The number of nitrogens with one attached hydrogen (secondary N) is 2. The summed E-state index contributed by atoms with van der Waals surface area (Å²) in [7, 11) is 0. The summed E-state index contributed by atoms with van der Waals surface area (Å²) in [4.78, 5) is 19.2. The Balaban J connectivity index is 1.41. The number of nitrogens with zero attached hydrogens (tertiary/aromatic N) is 2. The molecule has 0 spiro atoms. The second-order valence-corrected chi connectivity index (χ2v) is 7.48. The number of hydrogen-bond acceptors (Lipinski definition) is 5. The molecule has 1 saturated carbocycles. The van der Waals surface area contributed by atoms with Crippen LogP contribution in [0.4, 0.5) is 17.2 Å². The zero-order valence-electron chi connectivity index (χ0n) is 16.2. The lowest BCUT2D eigenvalue weighted by atomic mass is 9.95. The summed E-state index contributed by atoms with van der Waals surface area (Å²) in [5.41, 5.74) is 2.76. The minimum Gasteiger partial charge on any atom is -0.378 e. The minimum absolute atomic E-state index is 0.0281. The van der Waals surface area contributed by atoms with E-state index in [9.17, 15) is 4.79 Å². The smallest absolute Gasteiger partial charge is 0.253 e. The minimum atomic E-state index is -0.0281. The molecule has 2 aromatic rings. The number of ether oxygens (including phenoxy) is 1. The lowest BCUT2D eigenvalue weighted by Gasteiger charge is -2.30. The second kappa shape index (κ2) is 9.06. The van der Waals surface area contributed by atoms with Crippen LogP contribution >= 0.6 is 0 Å². The molecule has 1 aromatic carbocycles. The molecule has 0 bridgehead atoms. The van der Waals surface area contributed by atoms with E-state index >= 15 is 0 Å². The van der Waals surface area contributed by atoms with Crippen LogP contribution in [0.2, 0.25) is 0 Å². The molecule has 1 aliphatic heterocycles. The van der Waals surface area contributed by atoms with E-state index in [1.165, 1.54) is 19.3 Å². The van der Waals surface area contributed by atoms with Crippen LogP contribution in [-0.2, 0) is 4.74 Å². The van der Waals surface area contributed by atoms with E-state index in [0.717, 1.165) is 56.3 Å². The van der Waals surface area contributed by atoms with Gasteiger partial charge in [0.25, 0.3) is 5.91 Å². The Hall–Kier alpha value is -2.60. The summed E-state index contributed by atoms with van der Waals surface area (Å²) in [6.45, 7) is 3.26. The van der Waals surface area contributed by atoms with E-state index in [0.29, 0.717) is 11.6 Å². The summed E-state index contributed by atoms with van der Waals surface area (Å²) in [5, 5.41) is 6.53. The molecule has 28 heavy (non-hydrogen) atoms. The average molecular weight is 380 g/mol. The Kier molecular flexibility index (Phi) is 6.07. The lowest BCUT2D eigenvalue weighted by molar-refractivity contribution is 0.0927. The Morgan fingerprint density at radius 3 is 2.57 bits per heavy atom. The predicted molar refractivity (Wildman–Crippen MR) is 111 cm³/mol. The van der Waals surface area contributed by atoms with Gasteiger partial charge in [-0.3, -0.25) is 4.79 Å².